The molecule has 2 amide bonds. The van der Waals surface area contributed by atoms with Crippen LogP contribution in [0.1, 0.15) is 49.0 Å². The molecule has 1 N–H and O–H groups in total. The zero-order valence-electron chi connectivity index (χ0n) is 19.0. The van der Waals surface area contributed by atoms with Crippen LogP contribution in [0.5, 0.6) is 0 Å². The molecule has 166 valence electrons. The summed E-state index contributed by atoms with van der Waals surface area (Å²) in [5.74, 6) is 0.122. The van der Waals surface area contributed by atoms with Crippen LogP contribution in [0.15, 0.2) is 30.5 Å². The fourth-order valence-corrected chi connectivity index (χ4v) is 4.87. The van der Waals surface area contributed by atoms with Gasteiger partial charge in [-0.05, 0) is 63.9 Å². The van der Waals surface area contributed by atoms with E-state index in [-0.39, 0.29) is 17.7 Å². The highest BCUT2D eigenvalue weighted by molar-refractivity contribution is 6.01. The third-order valence-electron chi connectivity index (χ3n) is 6.82. The van der Waals surface area contributed by atoms with Gasteiger partial charge in [0.05, 0.1) is 5.92 Å². The van der Waals surface area contributed by atoms with E-state index in [1.165, 1.54) is 11.1 Å². The molecule has 6 heteroatoms. The lowest BCUT2D eigenvalue weighted by molar-refractivity contribution is -0.136. The number of piperidine rings is 1. The van der Waals surface area contributed by atoms with Gasteiger partial charge >= 0.3 is 0 Å². The molecule has 6 nitrogen and oxygen atoms in total. The topological polar surface area (TPSA) is 59.7 Å². The zero-order valence-corrected chi connectivity index (χ0v) is 19.0. The van der Waals surface area contributed by atoms with Crippen molar-refractivity contribution in [2.75, 3.05) is 46.3 Å². The molecule has 0 radical (unpaired) electrons. The van der Waals surface area contributed by atoms with E-state index in [0.717, 1.165) is 62.9 Å². The normalized spacial score (nSPS) is 20.0. The zero-order chi connectivity index (χ0) is 22.0. The van der Waals surface area contributed by atoms with E-state index in [0.29, 0.717) is 12.1 Å². The van der Waals surface area contributed by atoms with Crippen LogP contribution in [0, 0.1) is 5.92 Å². The lowest BCUT2D eigenvalue weighted by atomic mass is 9.95. The molecule has 2 aliphatic rings. The summed E-state index contributed by atoms with van der Waals surface area (Å²) >= 11 is 0. The van der Waals surface area contributed by atoms with Gasteiger partial charge < -0.3 is 19.7 Å². The van der Waals surface area contributed by atoms with Crippen LogP contribution in [0.4, 0.5) is 0 Å². The lowest BCUT2D eigenvalue weighted by Crippen LogP contribution is -2.46. The van der Waals surface area contributed by atoms with Crippen molar-refractivity contribution in [1.82, 2.24) is 19.7 Å². The first-order valence-corrected chi connectivity index (χ1v) is 11.6. The Morgan fingerprint density at radius 1 is 1.19 bits per heavy atom. The molecule has 1 unspecified atom stereocenters. The molecule has 2 aliphatic heterocycles. The monoisotopic (exact) mass is 422 g/mol. The average Bonchev–Trinajstić information content (AvgIpc) is 3.23. The predicted octanol–water partition coefficient (Wildman–Crippen LogP) is 3.61. The summed E-state index contributed by atoms with van der Waals surface area (Å²) in [6, 6.07) is 5.94. The van der Waals surface area contributed by atoms with Crippen molar-refractivity contribution in [2.45, 2.75) is 33.1 Å². The van der Waals surface area contributed by atoms with Crippen molar-refractivity contribution in [1.29, 1.82) is 0 Å². The number of amides is 2. The standard InChI is InChI=1S/C25H34N4O2/c1-4-28(5-2)25(31)20-7-6-12-29(17-20)24(30)19-8-9-23-21(15-19)22(16-26-23)18-10-13-27(3)14-11-18/h8-10,15-16,20,26H,4-7,11-14,17H2,1-3H3. The van der Waals surface area contributed by atoms with Crippen molar-refractivity contribution < 1.29 is 9.59 Å². The molecule has 2 aromatic rings. The minimum atomic E-state index is -0.0893. The van der Waals surface area contributed by atoms with Gasteiger partial charge in [0.1, 0.15) is 0 Å². The average molecular weight is 423 g/mol. The molecular formula is C25H34N4O2. The van der Waals surface area contributed by atoms with Crippen molar-refractivity contribution in [3.63, 3.8) is 0 Å². The number of H-pyrrole nitrogens is 1. The molecule has 0 bridgehead atoms. The van der Waals surface area contributed by atoms with Gasteiger partial charge in [0.25, 0.3) is 5.91 Å². The lowest BCUT2D eigenvalue weighted by Gasteiger charge is -2.34. The van der Waals surface area contributed by atoms with E-state index in [2.05, 4.69) is 29.2 Å². The van der Waals surface area contributed by atoms with Crippen molar-refractivity contribution in [3.8, 4) is 0 Å². The van der Waals surface area contributed by atoms with Crippen molar-refractivity contribution >= 4 is 28.3 Å². The molecule has 0 spiro atoms. The molecule has 1 aromatic carbocycles. The van der Waals surface area contributed by atoms with Crippen LogP contribution in [0.3, 0.4) is 0 Å². The van der Waals surface area contributed by atoms with Crippen LogP contribution in [0.2, 0.25) is 0 Å². The Labute approximate surface area is 184 Å². The number of aromatic amines is 1. The smallest absolute Gasteiger partial charge is 0.253 e. The summed E-state index contributed by atoms with van der Waals surface area (Å²) in [6.45, 7) is 8.70. The Kier molecular flexibility index (Phi) is 6.46. The van der Waals surface area contributed by atoms with Crippen LogP contribution in [-0.4, -0.2) is 77.8 Å². The maximum Gasteiger partial charge on any atom is 0.253 e. The maximum atomic E-state index is 13.3. The molecule has 4 rings (SSSR count). The molecule has 1 atom stereocenters. The van der Waals surface area contributed by atoms with Crippen LogP contribution in [0.25, 0.3) is 16.5 Å². The highest BCUT2D eigenvalue weighted by Gasteiger charge is 2.31. The number of fused-ring (bicyclic) bond motifs is 1. The second-order valence-corrected chi connectivity index (χ2v) is 8.81. The van der Waals surface area contributed by atoms with Gasteiger partial charge in [0.15, 0.2) is 0 Å². The highest BCUT2D eigenvalue weighted by Crippen LogP contribution is 2.30. The number of carbonyl (C=O) groups excluding carboxylic acids is 2. The summed E-state index contributed by atoms with van der Waals surface area (Å²) in [6.07, 6.45) is 7.11. The van der Waals surface area contributed by atoms with Gasteiger partial charge in [-0.15, -0.1) is 0 Å². The summed E-state index contributed by atoms with van der Waals surface area (Å²) in [5, 5.41) is 1.11. The van der Waals surface area contributed by atoms with E-state index in [1.807, 2.05) is 41.8 Å². The number of nitrogens with zero attached hydrogens (tertiary/aromatic N) is 3. The fourth-order valence-electron chi connectivity index (χ4n) is 4.87. The number of likely N-dealkylation sites (N-methyl/N-ethyl adjacent to an activating group) is 1. The Hall–Kier alpha value is -2.60. The third kappa shape index (κ3) is 4.40. The van der Waals surface area contributed by atoms with Crippen molar-refractivity contribution in [3.05, 3.63) is 41.6 Å². The number of rotatable bonds is 5. The SMILES string of the molecule is CCN(CC)C(=O)C1CCCN(C(=O)c2ccc3[nH]cc(C4=CCN(C)CC4)c3c2)C1. The van der Waals surface area contributed by atoms with Crippen LogP contribution in [-0.2, 0) is 4.79 Å². The van der Waals surface area contributed by atoms with Gasteiger partial charge in [-0.1, -0.05) is 6.08 Å². The Morgan fingerprint density at radius 3 is 2.71 bits per heavy atom. The van der Waals surface area contributed by atoms with E-state index in [4.69, 9.17) is 0 Å². The first kappa shape index (κ1) is 21.6. The molecule has 3 heterocycles. The Balaban J connectivity index is 1.55. The number of hydrogen-bond donors (Lipinski definition) is 1. The molecular weight excluding hydrogens is 388 g/mol. The van der Waals surface area contributed by atoms with Crippen molar-refractivity contribution in [2.24, 2.45) is 5.92 Å². The molecule has 0 saturated carbocycles. The Bertz CT molecular complexity index is 989. The summed E-state index contributed by atoms with van der Waals surface area (Å²) in [7, 11) is 2.14. The maximum absolute atomic E-state index is 13.3. The van der Waals surface area contributed by atoms with E-state index < -0.39 is 0 Å². The van der Waals surface area contributed by atoms with E-state index in [9.17, 15) is 9.59 Å². The quantitative estimate of drug-likeness (QED) is 0.801. The second kappa shape index (κ2) is 9.27. The summed E-state index contributed by atoms with van der Waals surface area (Å²) in [4.78, 5) is 35.6. The minimum Gasteiger partial charge on any atom is -0.361 e. The minimum absolute atomic E-state index is 0.0310. The number of benzene rings is 1. The molecule has 31 heavy (non-hydrogen) atoms. The van der Waals surface area contributed by atoms with Gasteiger partial charge in [0, 0.05) is 67.5 Å². The number of hydrogen-bond acceptors (Lipinski definition) is 3. The third-order valence-corrected chi connectivity index (χ3v) is 6.82. The summed E-state index contributed by atoms with van der Waals surface area (Å²) < 4.78 is 0. The van der Waals surface area contributed by atoms with Gasteiger partial charge in [0.2, 0.25) is 5.91 Å². The first-order chi connectivity index (χ1) is 15.0. The van der Waals surface area contributed by atoms with E-state index in [1.54, 1.807) is 0 Å². The molecule has 1 saturated heterocycles. The second-order valence-electron chi connectivity index (χ2n) is 8.81. The van der Waals surface area contributed by atoms with Gasteiger partial charge in [-0.2, -0.15) is 0 Å². The Morgan fingerprint density at radius 2 is 2.00 bits per heavy atom. The largest absolute Gasteiger partial charge is 0.361 e. The number of aromatic nitrogens is 1. The molecule has 0 aliphatic carbocycles. The molecule has 1 aromatic heterocycles. The van der Waals surface area contributed by atoms with Gasteiger partial charge in [-0.3, -0.25) is 9.59 Å². The predicted molar refractivity (Wildman–Crippen MR) is 125 cm³/mol. The summed E-state index contributed by atoms with van der Waals surface area (Å²) in [5.41, 5.74) is 4.31. The van der Waals surface area contributed by atoms with Gasteiger partial charge in [-0.25, -0.2) is 0 Å². The van der Waals surface area contributed by atoms with Crippen LogP contribution < -0.4 is 0 Å². The fraction of sp³-hybridized carbons (Fsp3) is 0.520. The van der Waals surface area contributed by atoms with E-state index >= 15 is 0 Å². The first-order valence-electron chi connectivity index (χ1n) is 11.6. The highest BCUT2D eigenvalue weighted by atomic mass is 16.2. The number of nitrogens with one attached hydrogen (secondary N) is 1. The number of likely N-dealkylation sites (tertiary alicyclic amines) is 1. The van der Waals surface area contributed by atoms with Crippen LogP contribution >= 0.6 is 0 Å². The molecule has 1 fully saturated rings. The number of carbonyl (C=O) groups is 2.